The molecule has 3 aromatic heterocycles. The number of halogens is 2. The molecule has 1 N–H and O–H groups in total. The van der Waals surface area contributed by atoms with Crippen molar-refractivity contribution in [1.29, 1.82) is 0 Å². The number of hydrogen-bond acceptors (Lipinski definition) is 4. The summed E-state index contributed by atoms with van der Waals surface area (Å²) in [4.78, 5) is 18.0. The van der Waals surface area contributed by atoms with Crippen LogP contribution in [0.5, 0.6) is 0 Å². The van der Waals surface area contributed by atoms with Crippen molar-refractivity contribution in [3.05, 3.63) is 94.8 Å². The molecule has 0 fully saturated rings. The van der Waals surface area contributed by atoms with E-state index in [1.807, 2.05) is 44.4 Å². The Labute approximate surface area is 199 Å². The summed E-state index contributed by atoms with van der Waals surface area (Å²) in [6.45, 7) is 2.26. The van der Waals surface area contributed by atoms with Crippen molar-refractivity contribution < 1.29 is 9.18 Å². The quantitative estimate of drug-likeness (QED) is 0.378. The number of nitrogens with zero attached hydrogens (tertiary/aromatic N) is 5. The van der Waals surface area contributed by atoms with Crippen LogP contribution >= 0.6 is 11.6 Å². The Balaban J connectivity index is 1.44. The third-order valence-corrected chi connectivity index (χ3v) is 5.84. The van der Waals surface area contributed by atoms with E-state index in [-0.39, 0.29) is 5.91 Å². The van der Waals surface area contributed by atoms with Gasteiger partial charge in [-0.05, 0) is 36.8 Å². The maximum atomic E-state index is 13.3. The van der Waals surface area contributed by atoms with Crippen LogP contribution in [0.2, 0.25) is 5.02 Å². The van der Waals surface area contributed by atoms with Gasteiger partial charge in [-0.2, -0.15) is 10.2 Å². The van der Waals surface area contributed by atoms with Crippen molar-refractivity contribution >= 4 is 34.1 Å². The van der Waals surface area contributed by atoms with Gasteiger partial charge in [0.2, 0.25) is 0 Å². The van der Waals surface area contributed by atoms with Crippen molar-refractivity contribution in [2.75, 3.05) is 5.32 Å². The van der Waals surface area contributed by atoms with Gasteiger partial charge < -0.3 is 5.32 Å². The highest BCUT2D eigenvalue weighted by atomic mass is 35.5. The first-order chi connectivity index (χ1) is 16.4. The molecule has 34 heavy (non-hydrogen) atoms. The number of aryl methyl sites for hydroxylation is 2. The number of amides is 1. The van der Waals surface area contributed by atoms with E-state index in [4.69, 9.17) is 16.6 Å². The molecule has 3 heterocycles. The number of carbonyl (C=O) groups excluding carboxylic acids is 1. The standard InChI is InChI=1S/C25H20ClFN6O/c1-15-21(14-32(2)31-15)24-10-20(19-5-3-4-6-23(19)30-24)25(34)29-18-11-28-33(13-18)12-16-7-8-17(27)9-22(16)26/h3-11,13-14H,12H2,1-2H3,(H,29,34). The summed E-state index contributed by atoms with van der Waals surface area (Å²) in [5, 5.41) is 12.7. The van der Waals surface area contributed by atoms with Gasteiger partial charge in [0, 0.05) is 35.4 Å². The summed E-state index contributed by atoms with van der Waals surface area (Å²) in [7, 11) is 1.85. The number of anilines is 1. The molecule has 0 aliphatic heterocycles. The lowest BCUT2D eigenvalue weighted by Gasteiger charge is -2.09. The first kappa shape index (κ1) is 21.8. The molecule has 0 aliphatic rings. The van der Waals surface area contributed by atoms with Gasteiger partial charge in [0.25, 0.3) is 5.91 Å². The predicted molar refractivity (Wildman–Crippen MR) is 129 cm³/mol. The zero-order valence-corrected chi connectivity index (χ0v) is 19.2. The van der Waals surface area contributed by atoms with E-state index >= 15 is 0 Å². The number of para-hydroxylation sites is 1. The molecule has 0 atom stereocenters. The first-order valence-corrected chi connectivity index (χ1v) is 10.9. The maximum Gasteiger partial charge on any atom is 0.256 e. The van der Waals surface area contributed by atoms with Gasteiger partial charge in [0.05, 0.1) is 40.9 Å². The van der Waals surface area contributed by atoms with Gasteiger partial charge in [-0.3, -0.25) is 14.2 Å². The normalized spacial score (nSPS) is 11.2. The minimum atomic E-state index is -0.396. The van der Waals surface area contributed by atoms with Crippen molar-refractivity contribution in [3.63, 3.8) is 0 Å². The van der Waals surface area contributed by atoms with E-state index in [2.05, 4.69) is 15.5 Å². The second kappa shape index (κ2) is 8.72. The molecule has 0 spiro atoms. The van der Waals surface area contributed by atoms with Crippen LogP contribution in [0, 0.1) is 12.7 Å². The highest BCUT2D eigenvalue weighted by molar-refractivity contribution is 6.31. The van der Waals surface area contributed by atoms with E-state index in [1.165, 1.54) is 12.1 Å². The van der Waals surface area contributed by atoms with Crippen LogP contribution in [0.3, 0.4) is 0 Å². The Hall–Kier alpha value is -4.04. The van der Waals surface area contributed by atoms with Crippen LogP contribution in [-0.2, 0) is 13.6 Å². The molecule has 0 saturated carbocycles. The fourth-order valence-electron chi connectivity index (χ4n) is 3.89. The molecule has 0 radical (unpaired) electrons. The average molecular weight is 475 g/mol. The van der Waals surface area contributed by atoms with E-state index in [9.17, 15) is 9.18 Å². The molecular weight excluding hydrogens is 455 g/mol. The molecular formula is C25H20ClFN6O. The van der Waals surface area contributed by atoms with Crippen LogP contribution in [-0.4, -0.2) is 30.5 Å². The molecule has 0 aliphatic carbocycles. The van der Waals surface area contributed by atoms with Gasteiger partial charge in [0.15, 0.2) is 0 Å². The summed E-state index contributed by atoms with van der Waals surface area (Å²) in [6.07, 6.45) is 5.15. The number of aromatic nitrogens is 5. The average Bonchev–Trinajstić information content (AvgIpc) is 3.39. The zero-order valence-electron chi connectivity index (χ0n) is 18.5. The van der Waals surface area contributed by atoms with Crippen LogP contribution in [0.15, 0.2) is 67.1 Å². The molecule has 170 valence electrons. The van der Waals surface area contributed by atoms with Crippen LogP contribution < -0.4 is 5.32 Å². The summed E-state index contributed by atoms with van der Waals surface area (Å²) >= 11 is 6.12. The Bertz CT molecular complexity index is 1540. The highest BCUT2D eigenvalue weighted by Crippen LogP contribution is 2.27. The van der Waals surface area contributed by atoms with Crippen molar-refractivity contribution in [2.24, 2.45) is 7.05 Å². The summed E-state index contributed by atoms with van der Waals surface area (Å²) in [5.74, 6) is -0.673. The SMILES string of the molecule is Cc1nn(C)cc1-c1cc(C(=O)Nc2cnn(Cc3ccc(F)cc3Cl)c2)c2ccccc2n1. The topological polar surface area (TPSA) is 77.6 Å². The lowest BCUT2D eigenvalue weighted by Crippen LogP contribution is -2.13. The van der Waals surface area contributed by atoms with Crippen molar-refractivity contribution in [3.8, 4) is 11.3 Å². The Morgan fingerprint density at radius 2 is 1.97 bits per heavy atom. The summed E-state index contributed by atoms with van der Waals surface area (Å²) < 4.78 is 16.7. The lowest BCUT2D eigenvalue weighted by atomic mass is 10.0. The van der Waals surface area contributed by atoms with E-state index in [0.29, 0.717) is 28.5 Å². The second-order valence-electron chi connectivity index (χ2n) is 7.99. The van der Waals surface area contributed by atoms with E-state index in [0.717, 1.165) is 27.7 Å². The number of hydrogen-bond donors (Lipinski definition) is 1. The number of rotatable bonds is 5. The second-order valence-corrected chi connectivity index (χ2v) is 8.40. The Morgan fingerprint density at radius 1 is 1.15 bits per heavy atom. The van der Waals surface area contributed by atoms with E-state index in [1.54, 1.807) is 33.9 Å². The van der Waals surface area contributed by atoms with Gasteiger partial charge in [-0.15, -0.1) is 0 Å². The molecule has 1 amide bonds. The molecule has 7 nitrogen and oxygen atoms in total. The Morgan fingerprint density at radius 3 is 2.74 bits per heavy atom. The minimum Gasteiger partial charge on any atom is -0.319 e. The number of fused-ring (bicyclic) bond motifs is 1. The van der Waals surface area contributed by atoms with Crippen LogP contribution in [0.4, 0.5) is 10.1 Å². The number of benzene rings is 2. The van der Waals surface area contributed by atoms with Gasteiger partial charge in [0.1, 0.15) is 5.82 Å². The van der Waals surface area contributed by atoms with Crippen molar-refractivity contribution in [2.45, 2.75) is 13.5 Å². The number of carbonyl (C=O) groups is 1. The third kappa shape index (κ3) is 4.27. The molecule has 9 heteroatoms. The summed E-state index contributed by atoms with van der Waals surface area (Å²) in [6, 6.07) is 13.5. The molecule has 0 unspecified atom stereocenters. The molecule has 0 saturated heterocycles. The zero-order chi connectivity index (χ0) is 23.8. The van der Waals surface area contributed by atoms with Gasteiger partial charge in [-0.25, -0.2) is 9.37 Å². The third-order valence-electron chi connectivity index (χ3n) is 5.49. The van der Waals surface area contributed by atoms with Crippen molar-refractivity contribution in [1.82, 2.24) is 24.5 Å². The number of pyridine rings is 1. The largest absolute Gasteiger partial charge is 0.319 e. The molecule has 2 aromatic carbocycles. The fraction of sp³-hybridized carbons (Fsp3) is 0.120. The molecule has 0 bridgehead atoms. The fourth-order valence-corrected chi connectivity index (χ4v) is 4.12. The first-order valence-electron chi connectivity index (χ1n) is 10.6. The van der Waals surface area contributed by atoms with Gasteiger partial charge in [-0.1, -0.05) is 35.9 Å². The highest BCUT2D eigenvalue weighted by Gasteiger charge is 2.17. The summed E-state index contributed by atoms with van der Waals surface area (Å²) in [5.41, 5.74) is 4.84. The van der Waals surface area contributed by atoms with Crippen LogP contribution in [0.25, 0.3) is 22.2 Å². The lowest BCUT2D eigenvalue weighted by molar-refractivity contribution is 0.102. The predicted octanol–water partition coefficient (Wildman–Crippen LogP) is 5.23. The van der Waals surface area contributed by atoms with Crippen LogP contribution in [0.1, 0.15) is 21.6 Å². The smallest absolute Gasteiger partial charge is 0.256 e. The maximum absolute atomic E-state index is 13.3. The minimum absolute atomic E-state index is 0.277. The number of nitrogens with one attached hydrogen (secondary N) is 1. The Kier molecular flexibility index (Phi) is 5.59. The van der Waals surface area contributed by atoms with Gasteiger partial charge >= 0.3 is 0 Å². The molecule has 5 aromatic rings. The molecule has 5 rings (SSSR count). The van der Waals surface area contributed by atoms with E-state index < -0.39 is 5.82 Å². The monoisotopic (exact) mass is 474 g/mol.